The zero-order valence-corrected chi connectivity index (χ0v) is 6.64. The van der Waals surface area contributed by atoms with E-state index in [0.717, 1.165) is 17.4 Å². The van der Waals surface area contributed by atoms with Crippen LogP contribution in [0.25, 0.3) is 0 Å². The van der Waals surface area contributed by atoms with Crippen molar-refractivity contribution in [1.29, 1.82) is 0 Å². The quantitative estimate of drug-likeness (QED) is 0.641. The summed E-state index contributed by atoms with van der Waals surface area (Å²) in [6.45, 7) is 4.01. The van der Waals surface area contributed by atoms with Crippen molar-refractivity contribution in [3.8, 4) is 0 Å². The Morgan fingerprint density at radius 3 is 2.60 bits per heavy atom. The fourth-order valence-electron chi connectivity index (χ4n) is 0.515. The number of anilines is 1. The van der Waals surface area contributed by atoms with Gasteiger partial charge < -0.3 is 0 Å². The van der Waals surface area contributed by atoms with Gasteiger partial charge in [0.1, 0.15) is 5.82 Å². The number of hydrogen-bond donors (Lipinski definition) is 2. The maximum atomic E-state index is 8.39. The molecule has 0 radical (unpaired) electrons. The normalized spacial score (nSPS) is 10.4. The van der Waals surface area contributed by atoms with Crippen molar-refractivity contribution in [2.24, 2.45) is 0 Å². The first-order valence-corrected chi connectivity index (χ1v) is 3.75. The molecule has 0 saturated heterocycles. The van der Waals surface area contributed by atoms with E-state index in [2.05, 4.69) is 9.36 Å². The van der Waals surface area contributed by atoms with Gasteiger partial charge in [-0.1, -0.05) is 13.8 Å². The van der Waals surface area contributed by atoms with Crippen LogP contribution in [0.1, 0.15) is 25.6 Å². The molecule has 0 saturated carbocycles. The van der Waals surface area contributed by atoms with E-state index >= 15 is 0 Å². The van der Waals surface area contributed by atoms with Gasteiger partial charge in [0, 0.05) is 17.5 Å². The molecule has 1 aromatic rings. The highest BCUT2D eigenvalue weighted by Gasteiger charge is 2.05. The second kappa shape index (κ2) is 2.94. The van der Waals surface area contributed by atoms with Crippen LogP contribution in [0, 0.1) is 0 Å². The predicted molar refractivity (Wildman–Crippen MR) is 39.4 cm³/mol. The summed E-state index contributed by atoms with van der Waals surface area (Å²) in [5, 5.41) is 8.84. The minimum Gasteiger partial charge on any atom is -0.289 e. The Morgan fingerprint density at radius 1 is 1.60 bits per heavy atom. The van der Waals surface area contributed by atoms with E-state index in [1.54, 1.807) is 0 Å². The van der Waals surface area contributed by atoms with Crippen LogP contribution in [-0.4, -0.2) is 14.6 Å². The zero-order chi connectivity index (χ0) is 7.56. The maximum Gasteiger partial charge on any atom is 0.226 e. The zero-order valence-electron chi connectivity index (χ0n) is 5.83. The Bertz CT molecular complexity index is 210. The highest BCUT2D eigenvalue weighted by atomic mass is 32.1. The van der Waals surface area contributed by atoms with Crippen LogP contribution >= 0.6 is 11.5 Å². The van der Waals surface area contributed by atoms with E-state index in [4.69, 9.17) is 5.21 Å². The van der Waals surface area contributed by atoms with Crippen LogP contribution in [0.4, 0.5) is 5.13 Å². The first-order chi connectivity index (χ1) is 4.74. The van der Waals surface area contributed by atoms with Crippen LogP contribution in [0.2, 0.25) is 0 Å². The highest BCUT2D eigenvalue weighted by molar-refractivity contribution is 7.09. The Balaban J connectivity index is 2.78. The SMILES string of the molecule is CC(C)c1nsc(NO)n1. The smallest absolute Gasteiger partial charge is 0.226 e. The van der Waals surface area contributed by atoms with Gasteiger partial charge in [0.05, 0.1) is 0 Å². The Morgan fingerprint density at radius 2 is 2.30 bits per heavy atom. The molecule has 0 aliphatic rings. The highest BCUT2D eigenvalue weighted by Crippen LogP contribution is 2.15. The molecule has 0 unspecified atom stereocenters. The lowest BCUT2D eigenvalue weighted by Crippen LogP contribution is -1.91. The van der Waals surface area contributed by atoms with Crippen molar-refractivity contribution in [3.05, 3.63) is 5.82 Å². The number of aromatic nitrogens is 2. The molecule has 0 fully saturated rings. The maximum absolute atomic E-state index is 8.39. The molecule has 10 heavy (non-hydrogen) atoms. The molecule has 1 aromatic heterocycles. The standard InChI is InChI=1S/C5H9N3OS/c1-3(2)4-6-5(7-9)10-8-4/h3,9H,1-2H3,(H,6,7,8). The molecule has 56 valence electrons. The van der Waals surface area contributed by atoms with Crippen LogP contribution in [0.3, 0.4) is 0 Å². The van der Waals surface area contributed by atoms with Crippen LogP contribution in [-0.2, 0) is 0 Å². The molecular formula is C5H9N3OS. The lowest BCUT2D eigenvalue weighted by molar-refractivity contribution is 0.388. The summed E-state index contributed by atoms with van der Waals surface area (Å²) in [7, 11) is 0. The largest absolute Gasteiger partial charge is 0.289 e. The van der Waals surface area contributed by atoms with Gasteiger partial charge in [-0.3, -0.25) is 5.21 Å². The van der Waals surface area contributed by atoms with E-state index in [-0.39, 0.29) is 0 Å². The minimum atomic E-state index is 0.318. The Kier molecular flexibility index (Phi) is 2.18. The third-order valence-electron chi connectivity index (χ3n) is 1.05. The van der Waals surface area contributed by atoms with Gasteiger partial charge in [-0.05, 0) is 0 Å². The average Bonchev–Trinajstić information content (AvgIpc) is 2.34. The first kappa shape index (κ1) is 7.43. The summed E-state index contributed by atoms with van der Waals surface area (Å²) in [4.78, 5) is 3.97. The average molecular weight is 159 g/mol. The van der Waals surface area contributed by atoms with E-state index in [1.807, 2.05) is 19.3 Å². The first-order valence-electron chi connectivity index (χ1n) is 2.97. The van der Waals surface area contributed by atoms with Crippen molar-refractivity contribution in [3.63, 3.8) is 0 Å². The van der Waals surface area contributed by atoms with Crippen LogP contribution in [0.15, 0.2) is 0 Å². The molecule has 0 spiro atoms. The second-order valence-electron chi connectivity index (χ2n) is 2.22. The molecule has 0 aliphatic heterocycles. The second-order valence-corrected chi connectivity index (χ2v) is 2.98. The predicted octanol–water partition coefficient (Wildman–Crippen LogP) is 1.46. The van der Waals surface area contributed by atoms with Crippen molar-refractivity contribution < 1.29 is 5.21 Å². The lowest BCUT2D eigenvalue weighted by Gasteiger charge is -1.93. The van der Waals surface area contributed by atoms with Gasteiger partial charge >= 0.3 is 0 Å². The van der Waals surface area contributed by atoms with E-state index < -0.39 is 0 Å². The molecule has 1 heterocycles. The third kappa shape index (κ3) is 1.43. The van der Waals surface area contributed by atoms with Gasteiger partial charge in [0.15, 0.2) is 0 Å². The summed E-state index contributed by atoms with van der Waals surface area (Å²) in [6.07, 6.45) is 0. The van der Waals surface area contributed by atoms with Gasteiger partial charge in [0.2, 0.25) is 5.13 Å². The molecule has 0 aromatic carbocycles. The third-order valence-corrected chi connectivity index (χ3v) is 1.69. The lowest BCUT2D eigenvalue weighted by atomic mass is 10.2. The van der Waals surface area contributed by atoms with Crippen LogP contribution in [0.5, 0.6) is 0 Å². The molecule has 0 aliphatic carbocycles. The fourth-order valence-corrected chi connectivity index (χ4v) is 1.12. The number of nitrogens with one attached hydrogen (secondary N) is 1. The van der Waals surface area contributed by atoms with Crippen molar-refractivity contribution >= 4 is 16.7 Å². The van der Waals surface area contributed by atoms with E-state index in [0.29, 0.717) is 11.0 Å². The molecule has 0 atom stereocenters. The van der Waals surface area contributed by atoms with Crippen molar-refractivity contribution in [2.45, 2.75) is 19.8 Å². The molecule has 5 heteroatoms. The van der Waals surface area contributed by atoms with Gasteiger partial charge in [0.25, 0.3) is 0 Å². The molecular weight excluding hydrogens is 150 g/mol. The van der Waals surface area contributed by atoms with Gasteiger partial charge in [-0.25, -0.2) is 10.5 Å². The van der Waals surface area contributed by atoms with E-state index in [9.17, 15) is 0 Å². The van der Waals surface area contributed by atoms with Crippen molar-refractivity contribution in [1.82, 2.24) is 9.36 Å². The van der Waals surface area contributed by atoms with Gasteiger partial charge in [-0.2, -0.15) is 4.37 Å². The molecule has 4 nitrogen and oxygen atoms in total. The Hall–Kier alpha value is -0.680. The number of nitrogens with zero attached hydrogens (tertiary/aromatic N) is 2. The van der Waals surface area contributed by atoms with Crippen LogP contribution < -0.4 is 5.48 Å². The summed E-state index contributed by atoms with van der Waals surface area (Å²) in [6, 6.07) is 0. The topological polar surface area (TPSA) is 58.0 Å². The summed E-state index contributed by atoms with van der Waals surface area (Å²) in [5.41, 5.74) is 1.95. The monoisotopic (exact) mass is 159 g/mol. The summed E-state index contributed by atoms with van der Waals surface area (Å²) < 4.78 is 3.99. The number of rotatable bonds is 2. The summed E-state index contributed by atoms with van der Waals surface area (Å²) >= 11 is 1.16. The molecule has 2 N–H and O–H groups in total. The van der Waals surface area contributed by atoms with Gasteiger partial charge in [-0.15, -0.1) is 0 Å². The van der Waals surface area contributed by atoms with E-state index in [1.165, 1.54) is 0 Å². The van der Waals surface area contributed by atoms with Crippen molar-refractivity contribution in [2.75, 3.05) is 5.48 Å². The molecule has 1 rings (SSSR count). The minimum absolute atomic E-state index is 0.318. The summed E-state index contributed by atoms with van der Waals surface area (Å²) in [5.74, 6) is 1.08. The number of hydrogen-bond acceptors (Lipinski definition) is 5. The molecule has 0 bridgehead atoms. The fraction of sp³-hybridized carbons (Fsp3) is 0.600. The Labute approximate surface area is 63.0 Å². The molecule has 0 amide bonds.